The molecule has 0 unspecified atom stereocenters. The number of amides is 1. The molecule has 2 heterocycles. The second-order valence-corrected chi connectivity index (χ2v) is 7.24. The molecule has 5 rings (SSSR count). The van der Waals surface area contributed by atoms with Crippen LogP contribution < -0.4 is 19.7 Å². The lowest BCUT2D eigenvalue weighted by molar-refractivity contribution is 0.0974. The summed E-state index contributed by atoms with van der Waals surface area (Å²) in [5.41, 5.74) is 2.34. The molecule has 2 N–H and O–H groups in total. The number of rotatable bonds is 2. The number of nitrogens with zero attached hydrogens (tertiary/aromatic N) is 1. The van der Waals surface area contributed by atoms with Gasteiger partial charge in [-0.1, -0.05) is 23.7 Å². The van der Waals surface area contributed by atoms with Crippen LogP contribution in [0, 0.1) is 0 Å². The summed E-state index contributed by atoms with van der Waals surface area (Å²) in [6, 6.07) is 17.4. The van der Waals surface area contributed by atoms with Crippen molar-refractivity contribution in [2.24, 2.45) is 0 Å². The molecule has 2 aliphatic heterocycles. The number of carbonyl (C=O) groups excluding carboxylic acids is 1. The number of benzene rings is 3. The lowest BCUT2D eigenvalue weighted by Crippen LogP contribution is -2.43. The predicted octanol–water partition coefficient (Wildman–Crippen LogP) is 4.59. The summed E-state index contributed by atoms with van der Waals surface area (Å²) in [5, 5.41) is 14.3. The lowest BCUT2D eigenvalue weighted by atomic mass is 10.0. The fourth-order valence-electron chi connectivity index (χ4n) is 3.66. The van der Waals surface area contributed by atoms with Crippen molar-refractivity contribution in [3.8, 4) is 17.2 Å². The van der Waals surface area contributed by atoms with E-state index in [1.165, 1.54) is 6.07 Å². The third-order valence-corrected chi connectivity index (χ3v) is 5.25. The van der Waals surface area contributed by atoms with E-state index in [1.807, 2.05) is 18.2 Å². The summed E-state index contributed by atoms with van der Waals surface area (Å²) < 4.78 is 11.3. The number of aromatic hydroxyl groups is 1. The van der Waals surface area contributed by atoms with Crippen LogP contribution in [-0.2, 0) is 0 Å². The fourth-order valence-corrected chi connectivity index (χ4v) is 3.84. The van der Waals surface area contributed by atoms with Crippen molar-refractivity contribution in [1.82, 2.24) is 0 Å². The molecule has 3 aromatic carbocycles. The van der Waals surface area contributed by atoms with Crippen LogP contribution in [0.2, 0.25) is 5.02 Å². The molecular weight excluding hydrogens is 392 g/mol. The number of fused-ring (bicyclic) bond motifs is 2. The zero-order valence-corrected chi connectivity index (χ0v) is 16.0. The number of para-hydroxylation sites is 1. The van der Waals surface area contributed by atoms with Crippen LogP contribution in [0.3, 0.4) is 0 Å². The average Bonchev–Trinajstić information content (AvgIpc) is 2.75. The smallest absolute Gasteiger partial charge is 0.262 e. The van der Waals surface area contributed by atoms with Gasteiger partial charge in [0.25, 0.3) is 5.91 Å². The molecule has 29 heavy (non-hydrogen) atoms. The van der Waals surface area contributed by atoms with E-state index < -0.39 is 6.17 Å². The second-order valence-electron chi connectivity index (χ2n) is 6.80. The largest absolute Gasteiger partial charge is 0.508 e. The molecule has 2 aliphatic rings. The first-order chi connectivity index (χ1) is 14.1. The number of ether oxygens (including phenoxy) is 2. The van der Waals surface area contributed by atoms with Crippen molar-refractivity contribution in [1.29, 1.82) is 0 Å². The second kappa shape index (κ2) is 6.90. The molecule has 0 saturated heterocycles. The van der Waals surface area contributed by atoms with Gasteiger partial charge in [0.2, 0.25) is 0 Å². The average molecular weight is 409 g/mol. The van der Waals surface area contributed by atoms with E-state index in [9.17, 15) is 9.90 Å². The first kappa shape index (κ1) is 17.7. The van der Waals surface area contributed by atoms with Crippen molar-refractivity contribution in [2.75, 3.05) is 23.4 Å². The molecule has 0 aliphatic carbocycles. The summed E-state index contributed by atoms with van der Waals surface area (Å²) in [4.78, 5) is 15.1. The topological polar surface area (TPSA) is 71.0 Å². The van der Waals surface area contributed by atoms with Crippen molar-refractivity contribution in [3.05, 3.63) is 76.8 Å². The first-order valence-corrected chi connectivity index (χ1v) is 9.57. The van der Waals surface area contributed by atoms with Crippen molar-refractivity contribution < 1.29 is 19.4 Å². The van der Waals surface area contributed by atoms with Crippen LogP contribution in [0.4, 0.5) is 11.4 Å². The quantitative estimate of drug-likeness (QED) is 0.649. The van der Waals surface area contributed by atoms with Crippen molar-refractivity contribution >= 4 is 28.9 Å². The minimum absolute atomic E-state index is 0.0432. The number of phenolic OH excluding ortho intramolecular Hbond substituents is 1. The van der Waals surface area contributed by atoms with E-state index >= 15 is 0 Å². The Kier molecular flexibility index (Phi) is 4.21. The van der Waals surface area contributed by atoms with Crippen LogP contribution >= 0.6 is 11.6 Å². The Labute approximate surface area is 172 Å². The number of hydrogen-bond acceptors (Lipinski definition) is 5. The molecule has 7 heteroatoms. The summed E-state index contributed by atoms with van der Waals surface area (Å²) in [6.45, 7) is 0.937. The molecule has 0 saturated carbocycles. The number of halogens is 1. The van der Waals surface area contributed by atoms with E-state index in [0.29, 0.717) is 52.2 Å². The van der Waals surface area contributed by atoms with Gasteiger partial charge in [0.1, 0.15) is 25.1 Å². The van der Waals surface area contributed by atoms with Gasteiger partial charge in [-0.15, -0.1) is 0 Å². The maximum absolute atomic E-state index is 13.5. The SMILES string of the molecule is O=C1c2ccccc2N[C@H](c2cc(Cl)ccc2O)N1c1ccc2c(c1)OCCO2. The molecule has 1 atom stereocenters. The lowest BCUT2D eigenvalue weighted by Gasteiger charge is -2.38. The Balaban J connectivity index is 1.67. The minimum Gasteiger partial charge on any atom is -0.508 e. The third-order valence-electron chi connectivity index (χ3n) is 5.01. The zero-order chi connectivity index (χ0) is 20.0. The van der Waals surface area contributed by atoms with Crippen LogP contribution in [0.15, 0.2) is 60.7 Å². The molecule has 0 fully saturated rings. The van der Waals surface area contributed by atoms with Crippen LogP contribution in [0.1, 0.15) is 22.1 Å². The molecule has 1 amide bonds. The summed E-state index contributed by atoms with van der Waals surface area (Å²) in [7, 11) is 0. The molecule has 0 spiro atoms. The number of anilines is 2. The van der Waals surface area contributed by atoms with Crippen molar-refractivity contribution in [3.63, 3.8) is 0 Å². The molecule has 0 radical (unpaired) electrons. The van der Waals surface area contributed by atoms with Gasteiger partial charge in [-0.3, -0.25) is 9.69 Å². The monoisotopic (exact) mass is 408 g/mol. The first-order valence-electron chi connectivity index (χ1n) is 9.19. The van der Waals surface area contributed by atoms with Gasteiger partial charge in [0.15, 0.2) is 11.5 Å². The van der Waals surface area contributed by atoms with Gasteiger partial charge in [-0.25, -0.2) is 0 Å². The maximum Gasteiger partial charge on any atom is 0.262 e. The molecular formula is C22H17ClN2O4. The Hall–Kier alpha value is -3.38. The van der Waals surface area contributed by atoms with E-state index in [2.05, 4.69) is 5.32 Å². The standard InChI is InChI=1S/C22H17ClN2O4/c23-13-5-7-18(26)16(11-13)21-24-17-4-2-1-3-15(17)22(27)25(21)14-6-8-19-20(12-14)29-10-9-28-19/h1-8,11-12,21,24,26H,9-10H2/t21-/m0/s1. The zero-order valence-electron chi connectivity index (χ0n) is 15.3. The van der Waals surface area contributed by atoms with E-state index in [-0.39, 0.29) is 11.7 Å². The number of nitrogens with one attached hydrogen (secondary N) is 1. The summed E-state index contributed by atoms with van der Waals surface area (Å²) >= 11 is 6.18. The highest BCUT2D eigenvalue weighted by molar-refractivity contribution is 6.30. The third kappa shape index (κ3) is 3.02. The predicted molar refractivity (Wildman–Crippen MR) is 110 cm³/mol. The van der Waals surface area contributed by atoms with E-state index in [0.717, 1.165) is 0 Å². The normalized spacial score (nSPS) is 17.5. The van der Waals surface area contributed by atoms with Crippen LogP contribution in [0.25, 0.3) is 0 Å². The van der Waals surface area contributed by atoms with Gasteiger partial charge in [0, 0.05) is 22.3 Å². The molecule has 0 bridgehead atoms. The Bertz CT molecular complexity index is 1120. The van der Waals surface area contributed by atoms with Gasteiger partial charge in [-0.2, -0.15) is 0 Å². The van der Waals surface area contributed by atoms with Gasteiger partial charge in [-0.05, 0) is 42.5 Å². The number of carbonyl (C=O) groups is 1. The van der Waals surface area contributed by atoms with Gasteiger partial charge >= 0.3 is 0 Å². The molecule has 3 aromatic rings. The van der Waals surface area contributed by atoms with Gasteiger partial charge in [0.05, 0.1) is 11.3 Å². The van der Waals surface area contributed by atoms with Crippen molar-refractivity contribution in [2.45, 2.75) is 6.17 Å². The van der Waals surface area contributed by atoms with E-state index in [4.69, 9.17) is 21.1 Å². The highest BCUT2D eigenvalue weighted by Gasteiger charge is 2.36. The Morgan fingerprint density at radius 1 is 1.00 bits per heavy atom. The fraction of sp³-hybridized carbons (Fsp3) is 0.136. The molecule has 6 nitrogen and oxygen atoms in total. The van der Waals surface area contributed by atoms with E-state index in [1.54, 1.807) is 41.3 Å². The van der Waals surface area contributed by atoms with Crippen LogP contribution in [0.5, 0.6) is 17.2 Å². The van der Waals surface area contributed by atoms with Gasteiger partial charge < -0.3 is 19.9 Å². The number of hydrogen-bond donors (Lipinski definition) is 2. The molecule has 146 valence electrons. The minimum atomic E-state index is -0.654. The number of phenols is 1. The molecule has 0 aromatic heterocycles. The highest BCUT2D eigenvalue weighted by atomic mass is 35.5. The Morgan fingerprint density at radius 3 is 2.66 bits per heavy atom. The summed E-state index contributed by atoms with van der Waals surface area (Å²) in [5.74, 6) is 1.07. The maximum atomic E-state index is 13.5. The highest BCUT2D eigenvalue weighted by Crippen LogP contribution is 2.42. The van der Waals surface area contributed by atoms with Crippen LogP contribution in [-0.4, -0.2) is 24.2 Å². The summed E-state index contributed by atoms with van der Waals surface area (Å²) in [6.07, 6.45) is -0.654. The Morgan fingerprint density at radius 2 is 1.79 bits per heavy atom.